The van der Waals surface area contributed by atoms with Crippen LogP contribution in [-0.4, -0.2) is 29.4 Å². The van der Waals surface area contributed by atoms with Gasteiger partial charge in [0.05, 0.1) is 16.4 Å². The summed E-state index contributed by atoms with van der Waals surface area (Å²) in [6.45, 7) is 7.75. The van der Waals surface area contributed by atoms with E-state index in [0.29, 0.717) is 17.9 Å². The van der Waals surface area contributed by atoms with E-state index in [-0.39, 0.29) is 18.4 Å². The van der Waals surface area contributed by atoms with E-state index in [9.17, 15) is 9.59 Å². The molecule has 0 spiro atoms. The second-order valence-electron chi connectivity index (χ2n) is 7.62. The molecule has 0 saturated carbocycles. The van der Waals surface area contributed by atoms with Crippen LogP contribution in [0, 0.1) is 20.8 Å². The van der Waals surface area contributed by atoms with E-state index >= 15 is 0 Å². The molecule has 1 aromatic heterocycles. The normalized spacial score (nSPS) is 15.4. The maximum atomic E-state index is 13.1. The fraction of sp³-hybridized carbons (Fsp3) is 0.292. The molecule has 2 amide bonds. The van der Waals surface area contributed by atoms with Crippen LogP contribution in [0.15, 0.2) is 42.5 Å². The highest BCUT2D eigenvalue weighted by Gasteiger charge is 2.35. The monoisotopic (exact) mass is 435 g/mol. The van der Waals surface area contributed by atoms with Gasteiger partial charge in [0.15, 0.2) is 6.10 Å². The van der Waals surface area contributed by atoms with Gasteiger partial charge in [-0.05, 0) is 57.0 Å². The van der Waals surface area contributed by atoms with E-state index in [1.807, 2.05) is 70.2 Å². The summed E-state index contributed by atoms with van der Waals surface area (Å²) in [4.78, 5) is 33.2. The van der Waals surface area contributed by atoms with Crippen LogP contribution in [0.3, 0.4) is 0 Å². The smallest absolute Gasteiger partial charge is 0.268 e. The molecule has 3 aromatic rings. The topological polar surface area (TPSA) is 71.5 Å². The standard InChI is InChI=1S/C24H25N3O3S/c1-5-20-24(29)27(13-22(28)26-18-9-7-6-8-14(18)2)19-12-17(10-11-21(19)30-20)23-15(3)31-16(4)25-23/h6-12,20H,5,13H2,1-4H3,(H,26,28). The lowest BCUT2D eigenvalue weighted by Crippen LogP contribution is -2.48. The summed E-state index contributed by atoms with van der Waals surface area (Å²) in [5.41, 5.74) is 4.09. The van der Waals surface area contributed by atoms with Crippen molar-refractivity contribution in [2.24, 2.45) is 0 Å². The van der Waals surface area contributed by atoms with Crippen LogP contribution < -0.4 is 15.0 Å². The highest BCUT2D eigenvalue weighted by molar-refractivity contribution is 7.11. The van der Waals surface area contributed by atoms with Crippen LogP contribution in [0.2, 0.25) is 0 Å². The van der Waals surface area contributed by atoms with Gasteiger partial charge in [0.1, 0.15) is 12.3 Å². The molecule has 31 heavy (non-hydrogen) atoms. The number of nitrogens with zero attached hydrogens (tertiary/aromatic N) is 2. The van der Waals surface area contributed by atoms with Gasteiger partial charge in [0, 0.05) is 16.1 Å². The third kappa shape index (κ3) is 4.18. The Morgan fingerprint density at radius 1 is 1.19 bits per heavy atom. The molecule has 1 aliphatic heterocycles. The van der Waals surface area contributed by atoms with Gasteiger partial charge >= 0.3 is 0 Å². The van der Waals surface area contributed by atoms with E-state index in [2.05, 4.69) is 10.3 Å². The zero-order valence-electron chi connectivity index (χ0n) is 18.1. The van der Waals surface area contributed by atoms with Crippen molar-refractivity contribution < 1.29 is 14.3 Å². The predicted octanol–water partition coefficient (Wildman–Crippen LogP) is 4.88. The minimum Gasteiger partial charge on any atom is -0.478 e. The van der Waals surface area contributed by atoms with E-state index in [4.69, 9.17) is 4.74 Å². The van der Waals surface area contributed by atoms with Gasteiger partial charge in [-0.25, -0.2) is 4.98 Å². The first kappa shape index (κ1) is 21.1. The van der Waals surface area contributed by atoms with Crippen LogP contribution in [0.5, 0.6) is 5.75 Å². The number of amides is 2. The Balaban J connectivity index is 1.67. The number of ether oxygens (including phenoxy) is 1. The molecule has 1 atom stereocenters. The summed E-state index contributed by atoms with van der Waals surface area (Å²) in [6.07, 6.45) is -0.0757. The largest absolute Gasteiger partial charge is 0.478 e. The van der Waals surface area contributed by atoms with Crippen molar-refractivity contribution in [1.29, 1.82) is 0 Å². The van der Waals surface area contributed by atoms with Crippen molar-refractivity contribution in [2.45, 2.75) is 40.2 Å². The van der Waals surface area contributed by atoms with Gasteiger partial charge in [0.2, 0.25) is 5.91 Å². The predicted molar refractivity (Wildman–Crippen MR) is 124 cm³/mol. The van der Waals surface area contributed by atoms with Gasteiger partial charge in [-0.1, -0.05) is 25.1 Å². The summed E-state index contributed by atoms with van der Waals surface area (Å²) in [6, 6.07) is 13.3. The average molecular weight is 436 g/mol. The molecule has 1 aliphatic rings. The lowest BCUT2D eigenvalue weighted by atomic mass is 10.1. The third-order valence-electron chi connectivity index (χ3n) is 5.33. The number of rotatable bonds is 5. The van der Waals surface area contributed by atoms with Gasteiger partial charge in [-0.3, -0.25) is 14.5 Å². The second kappa shape index (κ2) is 8.51. The highest BCUT2D eigenvalue weighted by atomic mass is 32.1. The number of anilines is 2. The molecule has 160 valence electrons. The maximum absolute atomic E-state index is 13.1. The Bertz CT molecular complexity index is 1150. The summed E-state index contributed by atoms with van der Waals surface area (Å²) in [7, 11) is 0. The fourth-order valence-electron chi connectivity index (χ4n) is 3.74. The molecular formula is C24H25N3O3S. The van der Waals surface area contributed by atoms with Crippen molar-refractivity contribution in [3.05, 3.63) is 57.9 Å². The molecule has 2 aromatic carbocycles. The zero-order chi connectivity index (χ0) is 22.1. The molecule has 1 unspecified atom stereocenters. The average Bonchev–Trinajstić information content (AvgIpc) is 3.09. The van der Waals surface area contributed by atoms with Crippen LogP contribution >= 0.6 is 11.3 Å². The first-order chi connectivity index (χ1) is 14.9. The number of aromatic nitrogens is 1. The number of aryl methyl sites for hydroxylation is 3. The lowest BCUT2D eigenvalue weighted by molar-refractivity contribution is -0.128. The molecule has 0 saturated heterocycles. The van der Waals surface area contributed by atoms with Gasteiger partial charge < -0.3 is 10.1 Å². The number of thiazole rings is 1. The van der Waals surface area contributed by atoms with Gasteiger partial charge in [0.25, 0.3) is 5.91 Å². The second-order valence-corrected chi connectivity index (χ2v) is 9.03. The molecule has 0 fully saturated rings. The van der Waals surface area contributed by atoms with Crippen LogP contribution in [0.25, 0.3) is 11.3 Å². The number of nitrogens with one attached hydrogen (secondary N) is 1. The van der Waals surface area contributed by atoms with Crippen molar-refractivity contribution in [3.8, 4) is 17.0 Å². The Morgan fingerprint density at radius 3 is 2.65 bits per heavy atom. The maximum Gasteiger partial charge on any atom is 0.268 e. The first-order valence-corrected chi connectivity index (χ1v) is 11.1. The molecule has 6 nitrogen and oxygen atoms in total. The number of para-hydroxylation sites is 1. The Labute approximate surface area is 185 Å². The Morgan fingerprint density at radius 2 is 1.97 bits per heavy atom. The van der Waals surface area contributed by atoms with Crippen LogP contribution in [-0.2, 0) is 9.59 Å². The molecule has 0 radical (unpaired) electrons. The number of benzene rings is 2. The number of hydrogen-bond donors (Lipinski definition) is 1. The van der Waals surface area contributed by atoms with E-state index in [1.165, 1.54) is 4.90 Å². The Hall–Kier alpha value is -3.19. The molecule has 2 heterocycles. The third-order valence-corrected chi connectivity index (χ3v) is 6.22. The van der Waals surface area contributed by atoms with Crippen molar-refractivity contribution in [3.63, 3.8) is 0 Å². The highest BCUT2D eigenvalue weighted by Crippen LogP contribution is 2.39. The van der Waals surface area contributed by atoms with E-state index in [0.717, 1.165) is 32.4 Å². The number of fused-ring (bicyclic) bond motifs is 1. The van der Waals surface area contributed by atoms with E-state index in [1.54, 1.807) is 11.3 Å². The van der Waals surface area contributed by atoms with Crippen molar-refractivity contribution in [1.82, 2.24) is 4.98 Å². The minimum absolute atomic E-state index is 0.0848. The summed E-state index contributed by atoms with van der Waals surface area (Å²) in [5, 5.41) is 3.90. The number of carbonyl (C=O) groups excluding carboxylic acids is 2. The number of carbonyl (C=O) groups is 2. The molecule has 4 rings (SSSR count). The van der Waals surface area contributed by atoms with Gasteiger partial charge in [-0.15, -0.1) is 11.3 Å². The summed E-state index contributed by atoms with van der Waals surface area (Å²) < 4.78 is 5.93. The van der Waals surface area contributed by atoms with E-state index < -0.39 is 6.10 Å². The summed E-state index contributed by atoms with van der Waals surface area (Å²) in [5.74, 6) is 0.137. The zero-order valence-corrected chi connectivity index (χ0v) is 18.9. The number of hydrogen-bond acceptors (Lipinski definition) is 5. The SMILES string of the molecule is CCC1Oc2ccc(-c3nc(C)sc3C)cc2N(CC(=O)Nc2ccccc2C)C1=O. The summed E-state index contributed by atoms with van der Waals surface area (Å²) >= 11 is 1.63. The minimum atomic E-state index is -0.604. The lowest BCUT2D eigenvalue weighted by Gasteiger charge is -2.34. The fourth-order valence-corrected chi connectivity index (χ4v) is 4.58. The quantitative estimate of drug-likeness (QED) is 0.620. The van der Waals surface area contributed by atoms with Crippen LogP contribution in [0.1, 0.15) is 28.8 Å². The molecule has 7 heteroatoms. The Kier molecular flexibility index (Phi) is 5.78. The van der Waals surface area contributed by atoms with Crippen molar-refractivity contribution in [2.75, 3.05) is 16.8 Å². The molecule has 0 aliphatic carbocycles. The van der Waals surface area contributed by atoms with Crippen molar-refractivity contribution >= 4 is 34.5 Å². The van der Waals surface area contributed by atoms with Gasteiger partial charge in [-0.2, -0.15) is 0 Å². The van der Waals surface area contributed by atoms with Crippen LogP contribution in [0.4, 0.5) is 11.4 Å². The molecule has 0 bridgehead atoms. The molecule has 1 N–H and O–H groups in total. The molecular weight excluding hydrogens is 410 g/mol. The first-order valence-electron chi connectivity index (χ1n) is 10.3.